The fraction of sp³-hybridized carbons (Fsp3) is 0.923. The van der Waals surface area contributed by atoms with Gasteiger partial charge < -0.3 is 15.3 Å². The Balaban J connectivity index is 2.38. The van der Waals surface area contributed by atoms with Gasteiger partial charge in [0.25, 0.3) is 0 Å². The lowest BCUT2D eigenvalue weighted by molar-refractivity contribution is -0.139. The lowest BCUT2D eigenvalue weighted by Crippen LogP contribution is -2.45. The maximum Gasteiger partial charge on any atom is 0.320 e. The van der Waals surface area contributed by atoms with Gasteiger partial charge in [0, 0.05) is 19.1 Å². The van der Waals surface area contributed by atoms with E-state index in [0.29, 0.717) is 19.0 Å². The zero-order chi connectivity index (χ0) is 12.8. The number of aliphatic carboxylic acids is 1. The van der Waals surface area contributed by atoms with Crippen LogP contribution in [0.1, 0.15) is 40.0 Å². The fourth-order valence-corrected chi connectivity index (χ4v) is 2.55. The normalized spacial score (nSPS) is 27.9. The van der Waals surface area contributed by atoms with Crippen molar-refractivity contribution in [3.63, 3.8) is 0 Å². The first-order valence-corrected chi connectivity index (χ1v) is 6.74. The van der Waals surface area contributed by atoms with Crippen LogP contribution in [0.25, 0.3) is 0 Å². The molecular weight excluding hydrogens is 216 g/mol. The molecule has 17 heavy (non-hydrogen) atoms. The predicted octanol–water partition coefficient (Wildman–Crippen LogP) is 1.56. The average molecular weight is 242 g/mol. The Morgan fingerprint density at radius 1 is 1.47 bits per heavy atom. The van der Waals surface area contributed by atoms with Crippen molar-refractivity contribution in [1.82, 2.24) is 10.2 Å². The molecule has 4 heteroatoms. The number of rotatable bonds is 6. The van der Waals surface area contributed by atoms with Gasteiger partial charge in [-0.1, -0.05) is 13.8 Å². The molecule has 0 aromatic carbocycles. The van der Waals surface area contributed by atoms with Crippen molar-refractivity contribution in [3.8, 4) is 0 Å². The van der Waals surface area contributed by atoms with Gasteiger partial charge in [0.15, 0.2) is 0 Å². The summed E-state index contributed by atoms with van der Waals surface area (Å²) in [5.74, 6) is 0.0122. The van der Waals surface area contributed by atoms with E-state index in [2.05, 4.69) is 24.1 Å². The number of nitrogens with zero attached hydrogens (tertiary/aromatic N) is 1. The van der Waals surface area contributed by atoms with E-state index in [1.165, 1.54) is 12.8 Å². The molecule has 1 saturated heterocycles. The van der Waals surface area contributed by atoms with Gasteiger partial charge in [-0.05, 0) is 38.6 Å². The van der Waals surface area contributed by atoms with Crippen LogP contribution < -0.4 is 5.32 Å². The SMILES string of the molecule is CCNC(CCN1CC(C)CCC1C)C(=O)O. The topological polar surface area (TPSA) is 52.6 Å². The van der Waals surface area contributed by atoms with Crippen molar-refractivity contribution < 1.29 is 9.90 Å². The zero-order valence-electron chi connectivity index (χ0n) is 11.3. The highest BCUT2D eigenvalue weighted by molar-refractivity contribution is 5.73. The molecule has 0 amide bonds. The van der Waals surface area contributed by atoms with E-state index in [4.69, 9.17) is 5.11 Å². The van der Waals surface area contributed by atoms with E-state index in [0.717, 1.165) is 19.0 Å². The van der Waals surface area contributed by atoms with Crippen molar-refractivity contribution in [3.05, 3.63) is 0 Å². The molecule has 3 atom stereocenters. The molecule has 2 N–H and O–H groups in total. The summed E-state index contributed by atoms with van der Waals surface area (Å²) < 4.78 is 0. The Labute approximate surface area is 104 Å². The minimum absolute atomic E-state index is 0.399. The molecule has 1 aliphatic heterocycles. The van der Waals surface area contributed by atoms with Crippen LogP contribution in [0.2, 0.25) is 0 Å². The van der Waals surface area contributed by atoms with Gasteiger partial charge in [0.1, 0.15) is 6.04 Å². The maximum absolute atomic E-state index is 11.0. The van der Waals surface area contributed by atoms with E-state index in [1.54, 1.807) is 0 Å². The van der Waals surface area contributed by atoms with E-state index in [1.807, 2.05) is 6.92 Å². The van der Waals surface area contributed by atoms with Crippen molar-refractivity contribution in [2.75, 3.05) is 19.6 Å². The van der Waals surface area contributed by atoms with Crippen LogP contribution in [-0.4, -0.2) is 47.7 Å². The predicted molar refractivity (Wildman–Crippen MR) is 69.2 cm³/mol. The summed E-state index contributed by atoms with van der Waals surface area (Å²) in [6, 6.07) is 0.201. The van der Waals surface area contributed by atoms with Crippen LogP contribution in [0.4, 0.5) is 0 Å². The molecule has 0 spiro atoms. The third kappa shape index (κ3) is 4.64. The second kappa shape index (κ2) is 6.97. The van der Waals surface area contributed by atoms with E-state index in [9.17, 15) is 4.79 Å². The minimum Gasteiger partial charge on any atom is -0.480 e. The summed E-state index contributed by atoms with van der Waals surface area (Å²) in [5, 5.41) is 12.1. The number of piperidine rings is 1. The molecule has 0 radical (unpaired) electrons. The summed E-state index contributed by atoms with van der Waals surface area (Å²) in [6.45, 7) is 9.17. The van der Waals surface area contributed by atoms with Gasteiger partial charge in [-0.3, -0.25) is 4.79 Å². The Morgan fingerprint density at radius 2 is 2.18 bits per heavy atom. The first-order valence-electron chi connectivity index (χ1n) is 6.74. The molecule has 0 saturated carbocycles. The number of carboxylic acid groups (broad SMARTS) is 1. The first kappa shape index (κ1) is 14.5. The molecule has 100 valence electrons. The Bertz CT molecular complexity index is 246. The van der Waals surface area contributed by atoms with Gasteiger partial charge in [0.2, 0.25) is 0 Å². The van der Waals surface area contributed by atoms with Crippen LogP contribution in [0.15, 0.2) is 0 Å². The third-order valence-electron chi connectivity index (χ3n) is 3.70. The standard InChI is InChI=1S/C13H26N2O2/c1-4-14-12(13(16)17)7-8-15-9-10(2)5-6-11(15)3/h10-12,14H,4-9H2,1-3H3,(H,16,17). The highest BCUT2D eigenvalue weighted by Crippen LogP contribution is 2.21. The molecule has 1 rings (SSSR count). The molecule has 1 heterocycles. The summed E-state index contributed by atoms with van der Waals surface area (Å²) in [6.07, 6.45) is 3.23. The minimum atomic E-state index is -0.732. The van der Waals surface area contributed by atoms with Crippen molar-refractivity contribution >= 4 is 5.97 Å². The highest BCUT2D eigenvalue weighted by Gasteiger charge is 2.24. The summed E-state index contributed by atoms with van der Waals surface area (Å²) in [7, 11) is 0. The van der Waals surface area contributed by atoms with Gasteiger partial charge in [-0.15, -0.1) is 0 Å². The lowest BCUT2D eigenvalue weighted by Gasteiger charge is -2.37. The smallest absolute Gasteiger partial charge is 0.320 e. The molecule has 0 aromatic heterocycles. The van der Waals surface area contributed by atoms with Crippen LogP contribution in [0.5, 0.6) is 0 Å². The average Bonchev–Trinajstić information content (AvgIpc) is 2.28. The molecular formula is C13H26N2O2. The fourth-order valence-electron chi connectivity index (χ4n) is 2.55. The summed E-state index contributed by atoms with van der Waals surface area (Å²) in [5.41, 5.74) is 0. The van der Waals surface area contributed by atoms with Crippen LogP contribution in [0.3, 0.4) is 0 Å². The molecule has 0 bridgehead atoms. The van der Waals surface area contributed by atoms with E-state index in [-0.39, 0.29) is 0 Å². The second-order valence-corrected chi connectivity index (χ2v) is 5.26. The largest absolute Gasteiger partial charge is 0.480 e. The van der Waals surface area contributed by atoms with Crippen LogP contribution in [-0.2, 0) is 4.79 Å². The zero-order valence-corrected chi connectivity index (χ0v) is 11.3. The number of carboxylic acids is 1. The van der Waals surface area contributed by atoms with Gasteiger partial charge in [0.05, 0.1) is 0 Å². The summed E-state index contributed by atoms with van der Waals surface area (Å²) >= 11 is 0. The van der Waals surface area contributed by atoms with Gasteiger partial charge >= 0.3 is 5.97 Å². The number of hydrogen-bond donors (Lipinski definition) is 2. The number of carbonyl (C=O) groups is 1. The lowest BCUT2D eigenvalue weighted by atomic mass is 9.94. The van der Waals surface area contributed by atoms with Crippen molar-refractivity contribution in [2.45, 2.75) is 52.1 Å². The number of hydrogen-bond acceptors (Lipinski definition) is 3. The number of nitrogens with one attached hydrogen (secondary N) is 1. The van der Waals surface area contributed by atoms with Gasteiger partial charge in [-0.2, -0.15) is 0 Å². The maximum atomic E-state index is 11.0. The molecule has 1 aliphatic rings. The molecule has 0 aromatic rings. The Morgan fingerprint density at radius 3 is 2.76 bits per heavy atom. The monoisotopic (exact) mass is 242 g/mol. The summed E-state index contributed by atoms with van der Waals surface area (Å²) in [4.78, 5) is 13.5. The van der Waals surface area contributed by atoms with Crippen LogP contribution in [0, 0.1) is 5.92 Å². The quantitative estimate of drug-likeness (QED) is 0.742. The van der Waals surface area contributed by atoms with E-state index < -0.39 is 12.0 Å². The molecule has 1 fully saturated rings. The highest BCUT2D eigenvalue weighted by atomic mass is 16.4. The van der Waals surface area contributed by atoms with E-state index >= 15 is 0 Å². The molecule has 3 unspecified atom stereocenters. The number of likely N-dealkylation sites (tertiary alicyclic amines) is 1. The third-order valence-corrected chi connectivity index (χ3v) is 3.70. The molecule has 4 nitrogen and oxygen atoms in total. The Hall–Kier alpha value is -0.610. The molecule has 0 aliphatic carbocycles. The van der Waals surface area contributed by atoms with Gasteiger partial charge in [-0.25, -0.2) is 0 Å². The number of likely N-dealkylation sites (N-methyl/N-ethyl adjacent to an activating group) is 1. The first-order chi connectivity index (χ1) is 8.04. The van der Waals surface area contributed by atoms with Crippen molar-refractivity contribution in [2.24, 2.45) is 5.92 Å². The van der Waals surface area contributed by atoms with Crippen molar-refractivity contribution in [1.29, 1.82) is 0 Å². The second-order valence-electron chi connectivity index (χ2n) is 5.26. The van der Waals surface area contributed by atoms with Crippen LogP contribution >= 0.6 is 0 Å². The Kier molecular flexibility index (Phi) is 5.92.